The predicted octanol–water partition coefficient (Wildman–Crippen LogP) is 8.88. The van der Waals surface area contributed by atoms with Crippen LogP contribution in [0.4, 0.5) is 11.4 Å². The number of anilines is 2. The first-order valence-corrected chi connectivity index (χ1v) is 15.2. The van der Waals surface area contributed by atoms with Crippen LogP contribution in [-0.2, 0) is 6.42 Å². The highest BCUT2D eigenvalue weighted by Gasteiger charge is 2.25. The van der Waals surface area contributed by atoms with Crippen LogP contribution in [0.3, 0.4) is 0 Å². The number of hydrogen-bond donors (Lipinski definition) is 1. The van der Waals surface area contributed by atoms with Crippen molar-refractivity contribution in [2.75, 3.05) is 36.0 Å². The van der Waals surface area contributed by atoms with Gasteiger partial charge in [-0.15, -0.1) is 0 Å². The molecule has 3 aromatic carbocycles. The van der Waals surface area contributed by atoms with Crippen LogP contribution in [0.2, 0.25) is 5.02 Å². The minimum atomic E-state index is 0.0139. The van der Waals surface area contributed by atoms with Crippen LogP contribution < -0.4 is 9.80 Å². The van der Waals surface area contributed by atoms with Gasteiger partial charge < -0.3 is 14.9 Å². The topological polar surface area (TPSA) is 43.8 Å². The maximum Gasteiger partial charge on any atom is 0.159 e. The van der Waals surface area contributed by atoms with E-state index < -0.39 is 0 Å². The van der Waals surface area contributed by atoms with Gasteiger partial charge in [0.15, 0.2) is 5.78 Å². The number of aromatic hydroxyl groups is 1. The van der Waals surface area contributed by atoms with Crippen molar-refractivity contribution >= 4 is 28.8 Å². The van der Waals surface area contributed by atoms with E-state index in [0.29, 0.717) is 5.56 Å². The third-order valence-corrected chi connectivity index (χ3v) is 8.52. The molecule has 0 aromatic heterocycles. The number of nitrogens with zero attached hydrogens (tertiary/aromatic N) is 2. The van der Waals surface area contributed by atoms with Crippen molar-refractivity contribution in [2.45, 2.75) is 67.2 Å². The van der Waals surface area contributed by atoms with Crippen LogP contribution in [0.15, 0.2) is 60.7 Å². The molecule has 2 unspecified atom stereocenters. The Morgan fingerprint density at radius 1 is 0.875 bits per heavy atom. The molecule has 5 heteroatoms. The number of benzene rings is 3. The first kappa shape index (κ1) is 31.5. The summed E-state index contributed by atoms with van der Waals surface area (Å²) in [6.07, 6.45) is 5.48. The minimum absolute atomic E-state index is 0.0139. The summed E-state index contributed by atoms with van der Waals surface area (Å²) in [6.45, 7) is 16.6. The Morgan fingerprint density at radius 2 is 1.50 bits per heavy atom. The number of phenols is 1. The second kappa shape index (κ2) is 15.1. The van der Waals surface area contributed by atoms with E-state index >= 15 is 0 Å². The van der Waals surface area contributed by atoms with Crippen molar-refractivity contribution in [2.24, 2.45) is 11.8 Å². The van der Waals surface area contributed by atoms with Crippen LogP contribution in [0.5, 0.6) is 5.75 Å². The van der Waals surface area contributed by atoms with Crippen LogP contribution >= 0.6 is 11.6 Å². The van der Waals surface area contributed by atoms with Gasteiger partial charge in [-0.2, -0.15) is 0 Å². The van der Waals surface area contributed by atoms with Gasteiger partial charge in [0.25, 0.3) is 0 Å². The summed E-state index contributed by atoms with van der Waals surface area (Å²) in [6, 6.07) is 19.5. The Hall–Kier alpha value is -2.98. The summed E-state index contributed by atoms with van der Waals surface area (Å²) < 4.78 is 0. The second-order valence-electron chi connectivity index (χ2n) is 11.0. The molecule has 0 bridgehead atoms. The Kier molecular flexibility index (Phi) is 11.9. The standard InChI is InChI=1S/C25H33ClN2.C8H8O2.C2H6/c1-18-5-4-6-21(18)15-22-16-24(10-8-19(22)2)27-11-13-28(14-12-27)25-17-23(26)9-7-20(25)3;1-6(9)7-2-4-8(10)5-3-7;1-2/h7-10,16-18,21H,4-6,11-15H2,1-3H3;2-5,10H,1H3;1-2H3. The predicted molar refractivity (Wildman–Crippen MR) is 171 cm³/mol. The summed E-state index contributed by atoms with van der Waals surface area (Å²) in [5, 5.41) is 9.65. The van der Waals surface area contributed by atoms with Gasteiger partial charge in [-0.05, 0) is 111 Å². The number of phenolic OH excluding ortho intramolecular Hbond substituents is 1. The van der Waals surface area contributed by atoms with Crippen molar-refractivity contribution in [1.29, 1.82) is 0 Å². The molecule has 0 amide bonds. The van der Waals surface area contributed by atoms with E-state index in [0.717, 1.165) is 43.0 Å². The molecule has 40 heavy (non-hydrogen) atoms. The average Bonchev–Trinajstić information content (AvgIpc) is 3.37. The average molecular weight is 563 g/mol. The smallest absolute Gasteiger partial charge is 0.159 e. The third kappa shape index (κ3) is 8.51. The molecule has 4 nitrogen and oxygen atoms in total. The van der Waals surface area contributed by atoms with Gasteiger partial charge in [0, 0.05) is 48.1 Å². The van der Waals surface area contributed by atoms with Gasteiger partial charge in [-0.1, -0.05) is 57.3 Å². The van der Waals surface area contributed by atoms with Crippen molar-refractivity contribution in [3.63, 3.8) is 0 Å². The first-order valence-electron chi connectivity index (χ1n) is 14.9. The fourth-order valence-electron chi connectivity index (χ4n) is 5.71. The molecule has 1 saturated carbocycles. The first-order chi connectivity index (χ1) is 19.2. The summed E-state index contributed by atoms with van der Waals surface area (Å²) in [4.78, 5) is 15.7. The van der Waals surface area contributed by atoms with Crippen LogP contribution in [0.25, 0.3) is 0 Å². The van der Waals surface area contributed by atoms with Gasteiger partial charge in [0.2, 0.25) is 0 Å². The van der Waals surface area contributed by atoms with Crippen LogP contribution in [-0.4, -0.2) is 37.1 Å². The Bertz CT molecular complexity index is 1230. The highest BCUT2D eigenvalue weighted by atomic mass is 35.5. The van der Waals surface area contributed by atoms with Crippen molar-refractivity contribution < 1.29 is 9.90 Å². The lowest BCUT2D eigenvalue weighted by molar-refractivity contribution is 0.101. The van der Waals surface area contributed by atoms with Gasteiger partial charge in [-0.3, -0.25) is 4.79 Å². The van der Waals surface area contributed by atoms with Gasteiger partial charge in [0.05, 0.1) is 0 Å². The van der Waals surface area contributed by atoms with E-state index in [1.165, 1.54) is 67.2 Å². The molecule has 0 spiro atoms. The number of hydrogen-bond acceptors (Lipinski definition) is 4. The molecular weight excluding hydrogens is 516 g/mol. The summed E-state index contributed by atoms with van der Waals surface area (Å²) >= 11 is 6.24. The summed E-state index contributed by atoms with van der Waals surface area (Å²) in [5.74, 6) is 1.95. The quantitative estimate of drug-likeness (QED) is 0.315. The number of Topliss-reactive ketones (excluding diaryl/α,β-unsaturated/α-hetero) is 1. The van der Waals surface area contributed by atoms with Gasteiger partial charge in [0.1, 0.15) is 5.75 Å². The zero-order valence-corrected chi connectivity index (χ0v) is 26.0. The third-order valence-electron chi connectivity index (χ3n) is 8.28. The fraction of sp³-hybridized carbons (Fsp3) is 0.457. The van der Waals surface area contributed by atoms with E-state index in [4.69, 9.17) is 16.7 Å². The molecule has 1 aliphatic heterocycles. The molecule has 216 valence electrons. The SMILES string of the molecule is CC.CC(=O)c1ccc(O)cc1.Cc1ccc(N2CCN(c3cc(Cl)ccc3C)CC2)cc1CC1CCCC1C. The molecule has 5 rings (SSSR count). The molecule has 2 fully saturated rings. The highest BCUT2D eigenvalue weighted by molar-refractivity contribution is 6.30. The number of carbonyl (C=O) groups excluding carboxylic acids is 1. The number of halogens is 1. The number of rotatable bonds is 5. The van der Waals surface area contributed by atoms with Crippen molar-refractivity contribution in [3.8, 4) is 5.75 Å². The normalized spacial score (nSPS) is 18.4. The molecule has 1 heterocycles. The molecule has 2 atom stereocenters. The highest BCUT2D eigenvalue weighted by Crippen LogP contribution is 2.35. The largest absolute Gasteiger partial charge is 0.508 e. The molecule has 1 aliphatic carbocycles. The van der Waals surface area contributed by atoms with E-state index in [-0.39, 0.29) is 11.5 Å². The lowest BCUT2D eigenvalue weighted by Gasteiger charge is -2.38. The Labute approximate surface area is 247 Å². The van der Waals surface area contributed by atoms with E-state index in [1.54, 1.807) is 17.7 Å². The number of ketones is 1. The van der Waals surface area contributed by atoms with Gasteiger partial charge >= 0.3 is 0 Å². The zero-order chi connectivity index (χ0) is 29.2. The van der Waals surface area contributed by atoms with E-state index in [2.05, 4.69) is 60.9 Å². The fourth-order valence-corrected chi connectivity index (χ4v) is 5.87. The monoisotopic (exact) mass is 562 g/mol. The van der Waals surface area contributed by atoms with Gasteiger partial charge in [-0.25, -0.2) is 0 Å². The zero-order valence-electron chi connectivity index (χ0n) is 25.2. The summed E-state index contributed by atoms with van der Waals surface area (Å²) in [7, 11) is 0. The number of carbonyl (C=O) groups is 1. The second-order valence-corrected chi connectivity index (χ2v) is 11.4. The Balaban J connectivity index is 0.000000309. The maximum atomic E-state index is 10.7. The van der Waals surface area contributed by atoms with Crippen LogP contribution in [0.1, 0.15) is 74.0 Å². The lowest BCUT2D eigenvalue weighted by atomic mass is 9.89. The molecule has 1 N–H and O–H groups in total. The molecule has 0 radical (unpaired) electrons. The number of aryl methyl sites for hydroxylation is 2. The van der Waals surface area contributed by atoms with E-state index in [9.17, 15) is 4.79 Å². The number of piperazine rings is 1. The molecule has 2 aliphatic rings. The molecule has 3 aromatic rings. The van der Waals surface area contributed by atoms with Crippen molar-refractivity contribution in [1.82, 2.24) is 0 Å². The molecule has 1 saturated heterocycles. The maximum absolute atomic E-state index is 10.7. The minimum Gasteiger partial charge on any atom is -0.508 e. The van der Waals surface area contributed by atoms with Crippen molar-refractivity contribution in [3.05, 3.63) is 87.9 Å². The summed E-state index contributed by atoms with van der Waals surface area (Å²) in [5.41, 5.74) is 7.63. The van der Waals surface area contributed by atoms with E-state index in [1.807, 2.05) is 19.9 Å². The lowest BCUT2D eigenvalue weighted by Crippen LogP contribution is -2.46. The Morgan fingerprint density at radius 3 is 2.10 bits per heavy atom. The van der Waals surface area contributed by atoms with Crippen LogP contribution in [0, 0.1) is 25.7 Å². The molecular formula is C35H47ClN2O2.